The normalized spacial score (nSPS) is 10.2. The number of nitrogen functional groups attached to an aromatic ring is 1. The number of hydrogen-bond acceptors (Lipinski definition) is 5. The lowest BCUT2D eigenvalue weighted by atomic mass is 10.1. The number of nitrogens with two attached hydrogens (primary N) is 1. The van der Waals surface area contributed by atoms with Crippen molar-refractivity contribution in [1.82, 2.24) is 9.97 Å². The average Bonchev–Trinajstić information content (AvgIpc) is 2.40. The Morgan fingerprint density at radius 3 is 2.63 bits per heavy atom. The monoisotopic (exact) mass is 277 g/mol. The number of esters is 1. The lowest BCUT2D eigenvalue weighted by molar-refractivity contribution is 0.0520. The Morgan fingerprint density at radius 2 is 2.00 bits per heavy atom. The van der Waals surface area contributed by atoms with E-state index in [1.165, 1.54) is 0 Å². The van der Waals surface area contributed by atoms with E-state index in [4.69, 9.17) is 22.1 Å². The molecule has 1 heterocycles. The van der Waals surface area contributed by atoms with Gasteiger partial charge in [0.25, 0.3) is 0 Å². The fourth-order valence-corrected chi connectivity index (χ4v) is 1.80. The second-order valence-corrected chi connectivity index (χ2v) is 4.04. The van der Waals surface area contributed by atoms with Crippen LogP contribution in [0.25, 0.3) is 11.3 Å². The summed E-state index contributed by atoms with van der Waals surface area (Å²) in [6.45, 7) is 1.94. The standard InChI is InChI=1S/C13H12ClN3O2/c1-2-19-13(18)10-12(15)17-11(14)9(16-10)8-6-4-3-5-7-8/h3-7H,2H2,1H3,(H2,15,17). The molecule has 0 radical (unpaired) electrons. The highest BCUT2D eigenvalue weighted by atomic mass is 35.5. The van der Waals surface area contributed by atoms with Gasteiger partial charge in [0.05, 0.1) is 6.61 Å². The van der Waals surface area contributed by atoms with Crippen LogP contribution in [0.4, 0.5) is 5.82 Å². The summed E-state index contributed by atoms with van der Waals surface area (Å²) in [5.74, 6) is -0.649. The van der Waals surface area contributed by atoms with Crippen LogP contribution in [0.1, 0.15) is 17.4 Å². The summed E-state index contributed by atoms with van der Waals surface area (Å²) in [6.07, 6.45) is 0. The van der Waals surface area contributed by atoms with Crippen LogP contribution < -0.4 is 5.73 Å². The second-order valence-electron chi connectivity index (χ2n) is 3.68. The minimum Gasteiger partial charge on any atom is -0.461 e. The second kappa shape index (κ2) is 5.67. The lowest BCUT2D eigenvalue weighted by Crippen LogP contribution is -2.13. The van der Waals surface area contributed by atoms with E-state index in [2.05, 4.69) is 9.97 Å². The minimum atomic E-state index is -0.610. The molecule has 98 valence electrons. The van der Waals surface area contributed by atoms with Crippen molar-refractivity contribution < 1.29 is 9.53 Å². The van der Waals surface area contributed by atoms with Gasteiger partial charge in [-0.2, -0.15) is 0 Å². The molecule has 0 bridgehead atoms. The molecule has 1 aromatic heterocycles. The number of aromatic nitrogens is 2. The molecular formula is C13H12ClN3O2. The molecule has 0 fully saturated rings. The van der Waals surface area contributed by atoms with Crippen LogP contribution in [0.2, 0.25) is 5.15 Å². The van der Waals surface area contributed by atoms with Crippen LogP contribution in [-0.2, 0) is 4.74 Å². The zero-order valence-corrected chi connectivity index (χ0v) is 11.0. The molecule has 6 heteroatoms. The highest BCUT2D eigenvalue weighted by molar-refractivity contribution is 6.32. The van der Waals surface area contributed by atoms with Crippen LogP contribution in [0.5, 0.6) is 0 Å². The Balaban J connectivity index is 2.51. The van der Waals surface area contributed by atoms with Crippen molar-refractivity contribution in [3.63, 3.8) is 0 Å². The number of benzene rings is 1. The maximum Gasteiger partial charge on any atom is 0.360 e. The molecule has 5 nitrogen and oxygen atoms in total. The van der Waals surface area contributed by atoms with Gasteiger partial charge in [-0.05, 0) is 6.92 Å². The predicted molar refractivity (Wildman–Crippen MR) is 72.8 cm³/mol. The third-order valence-electron chi connectivity index (χ3n) is 2.40. The summed E-state index contributed by atoms with van der Waals surface area (Å²) in [5.41, 5.74) is 6.78. The summed E-state index contributed by atoms with van der Waals surface area (Å²) in [7, 11) is 0. The van der Waals surface area contributed by atoms with Gasteiger partial charge in [-0.15, -0.1) is 0 Å². The van der Waals surface area contributed by atoms with E-state index in [1.807, 2.05) is 30.3 Å². The van der Waals surface area contributed by atoms with E-state index in [0.29, 0.717) is 5.69 Å². The van der Waals surface area contributed by atoms with E-state index in [0.717, 1.165) is 5.56 Å². The first-order valence-electron chi connectivity index (χ1n) is 5.69. The van der Waals surface area contributed by atoms with Crippen molar-refractivity contribution in [2.45, 2.75) is 6.92 Å². The van der Waals surface area contributed by atoms with Crippen molar-refractivity contribution in [3.8, 4) is 11.3 Å². The van der Waals surface area contributed by atoms with Gasteiger partial charge < -0.3 is 10.5 Å². The molecular weight excluding hydrogens is 266 g/mol. The third-order valence-corrected chi connectivity index (χ3v) is 2.66. The molecule has 1 aromatic carbocycles. The number of ether oxygens (including phenoxy) is 1. The maximum atomic E-state index is 11.7. The van der Waals surface area contributed by atoms with Crippen molar-refractivity contribution in [2.24, 2.45) is 0 Å². The predicted octanol–water partition coefficient (Wildman–Crippen LogP) is 2.56. The van der Waals surface area contributed by atoms with Gasteiger partial charge in [-0.25, -0.2) is 14.8 Å². The molecule has 0 unspecified atom stereocenters. The van der Waals surface area contributed by atoms with Crippen molar-refractivity contribution in [2.75, 3.05) is 12.3 Å². The number of carbonyl (C=O) groups is 1. The van der Waals surface area contributed by atoms with Crippen LogP contribution in [0, 0.1) is 0 Å². The van der Waals surface area contributed by atoms with E-state index >= 15 is 0 Å². The van der Waals surface area contributed by atoms with E-state index in [-0.39, 0.29) is 23.3 Å². The van der Waals surface area contributed by atoms with Gasteiger partial charge in [0.1, 0.15) is 5.69 Å². The Kier molecular flexibility index (Phi) is 3.97. The zero-order chi connectivity index (χ0) is 13.8. The first kappa shape index (κ1) is 13.3. The maximum absolute atomic E-state index is 11.7. The molecule has 2 aromatic rings. The molecule has 0 saturated heterocycles. The highest BCUT2D eigenvalue weighted by Gasteiger charge is 2.18. The molecule has 0 atom stereocenters. The number of anilines is 1. The summed E-state index contributed by atoms with van der Waals surface area (Å²) in [6, 6.07) is 9.19. The van der Waals surface area contributed by atoms with Crippen molar-refractivity contribution >= 4 is 23.4 Å². The third kappa shape index (κ3) is 2.82. The van der Waals surface area contributed by atoms with Gasteiger partial charge in [0.2, 0.25) is 0 Å². The lowest BCUT2D eigenvalue weighted by Gasteiger charge is -2.08. The number of rotatable bonds is 3. The van der Waals surface area contributed by atoms with Gasteiger partial charge in [0.15, 0.2) is 16.7 Å². The first-order chi connectivity index (χ1) is 9.13. The summed E-state index contributed by atoms with van der Waals surface area (Å²) in [5, 5.41) is 0.150. The van der Waals surface area contributed by atoms with Crippen LogP contribution >= 0.6 is 11.6 Å². The van der Waals surface area contributed by atoms with Gasteiger partial charge in [0, 0.05) is 5.56 Å². The Hall–Kier alpha value is -2.14. The van der Waals surface area contributed by atoms with Crippen LogP contribution in [0.3, 0.4) is 0 Å². The molecule has 19 heavy (non-hydrogen) atoms. The number of halogens is 1. The Bertz CT molecular complexity index is 602. The fraction of sp³-hybridized carbons (Fsp3) is 0.154. The summed E-state index contributed by atoms with van der Waals surface area (Å²) in [4.78, 5) is 19.8. The molecule has 2 rings (SSSR count). The number of carbonyl (C=O) groups excluding carboxylic acids is 1. The average molecular weight is 278 g/mol. The van der Waals surface area contributed by atoms with E-state index in [1.54, 1.807) is 6.92 Å². The quantitative estimate of drug-likeness (QED) is 0.872. The Labute approximate surface area is 115 Å². The van der Waals surface area contributed by atoms with Gasteiger partial charge >= 0.3 is 5.97 Å². The topological polar surface area (TPSA) is 78.1 Å². The van der Waals surface area contributed by atoms with E-state index in [9.17, 15) is 4.79 Å². The minimum absolute atomic E-state index is 0.0231. The van der Waals surface area contributed by atoms with Crippen LogP contribution in [-0.4, -0.2) is 22.5 Å². The van der Waals surface area contributed by atoms with Gasteiger partial charge in [-0.1, -0.05) is 41.9 Å². The van der Waals surface area contributed by atoms with Gasteiger partial charge in [-0.3, -0.25) is 0 Å². The molecule has 0 aliphatic rings. The van der Waals surface area contributed by atoms with Crippen LogP contribution in [0.15, 0.2) is 30.3 Å². The molecule has 0 saturated carbocycles. The Morgan fingerprint density at radius 1 is 1.32 bits per heavy atom. The van der Waals surface area contributed by atoms with E-state index < -0.39 is 5.97 Å². The van der Waals surface area contributed by atoms with Crippen molar-refractivity contribution in [1.29, 1.82) is 0 Å². The number of nitrogens with zero attached hydrogens (tertiary/aromatic N) is 2. The fourth-order valence-electron chi connectivity index (χ4n) is 1.56. The number of hydrogen-bond donors (Lipinski definition) is 1. The smallest absolute Gasteiger partial charge is 0.360 e. The summed E-state index contributed by atoms with van der Waals surface area (Å²) < 4.78 is 4.87. The molecule has 0 aliphatic carbocycles. The molecule has 0 spiro atoms. The molecule has 0 aliphatic heterocycles. The molecule has 0 amide bonds. The SMILES string of the molecule is CCOC(=O)c1nc(-c2ccccc2)c(Cl)nc1N. The largest absolute Gasteiger partial charge is 0.461 e. The highest BCUT2D eigenvalue weighted by Crippen LogP contribution is 2.26. The molecule has 2 N–H and O–H groups in total. The summed E-state index contributed by atoms with van der Waals surface area (Å²) >= 11 is 6.01. The zero-order valence-electron chi connectivity index (χ0n) is 10.3. The van der Waals surface area contributed by atoms with Crippen molar-refractivity contribution in [3.05, 3.63) is 41.2 Å². The first-order valence-corrected chi connectivity index (χ1v) is 6.06.